The molecule has 1 fully saturated rings. The summed E-state index contributed by atoms with van der Waals surface area (Å²) in [5.74, 6) is 0. The third kappa shape index (κ3) is 3.12. The molecule has 3 aromatic rings. The summed E-state index contributed by atoms with van der Waals surface area (Å²) in [7, 11) is -3.61. The van der Waals surface area contributed by atoms with Crippen LogP contribution in [0.3, 0.4) is 0 Å². The lowest BCUT2D eigenvalue weighted by Gasteiger charge is -2.26. The summed E-state index contributed by atoms with van der Waals surface area (Å²) < 4.78 is 32.6. The molecule has 8 heteroatoms. The predicted molar refractivity (Wildman–Crippen MR) is 106 cm³/mol. The van der Waals surface area contributed by atoms with Gasteiger partial charge in [-0.05, 0) is 38.1 Å². The molecule has 0 aliphatic carbocycles. The van der Waals surface area contributed by atoms with Crippen LogP contribution in [-0.2, 0) is 14.8 Å². The number of nitrogens with zero attached hydrogens (tertiary/aromatic N) is 1. The lowest BCUT2D eigenvalue weighted by atomic mass is 10.1. The SMILES string of the molecule is Cc1cc(-c2[nH]c3ccc(S(=O)(=O)N4CCOCC4)cc3c2C=O)c(C)s1. The maximum absolute atomic E-state index is 12.9. The monoisotopic (exact) mass is 404 g/mol. The highest BCUT2D eigenvalue weighted by molar-refractivity contribution is 7.89. The molecular weight excluding hydrogens is 384 g/mol. The van der Waals surface area contributed by atoms with Gasteiger partial charge in [0.25, 0.3) is 0 Å². The van der Waals surface area contributed by atoms with Crippen LogP contribution in [0, 0.1) is 13.8 Å². The summed E-state index contributed by atoms with van der Waals surface area (Å²) in [4.78, 5) is 17.6. The Bertz CT molecular complexity index is 1120. The van der Waals surface area contributed by atoms with Crippen molar-refractivity contribution in [1.29, 1.82) is 0 Å². The van der Waals surface area contributed by atoms with Crippen LogP contribution in [-0.4, -0.2) is 50.3 Å². The second kappa shape index (κ2) is 6.87. The fourth-order valence-corrected chi connectivity index (χ4v) is 5.87. The van der Waals surface area contributed by atoms with E-state index in [1.165, 1.54) is 4.31 Å². The van der Waals surface area contributed by atoms with Crippen molar-refractivity contribution in [3.63, 3.8) is 0 Å². The molecule has 0 saturated carbocycles. The van der Waals surface area contributed by atoms with Crippen LogP contribution in [0.25, 0.3) is 22.2 Å². The third-order valence-electron chi connectivity index (χ3n) is 4.85. The minimum atomic E-state index is -3.61. The van der Waals surface area contributed by atoms with E-state index in [0.29, 0.717) is 37.3 Å². The summed E-state index contributed by atoms with van der Waals surface area (Å²) in [6.45, 7) is 5.51. The maximum atomic E-state index is 12.9. The fraction of sp³-hybridized carbons (Fsp3) is 0.316. The van der Waals surface area contributed by atoms with Crippen LogP contribution in [0.15, 0.2) is 29.2 Å². The number of nitrogens with one attached hydrogen (secondary N) is 1. The van der Waals surface area contributed by atoms with Gasteiger partial charge in [-0.2, -0.15) is 4.31 Å². The van der Waals surface area contributed by atoms with Crippen LogP contribution in [0.1, 0.15) is 20.1 Å². The molecule has 0 atom stereocenters. The standard InChI is InChI=1S/C19H20N2O4S2/c1-12-9-15(13(2)26-12)19-17(11-22)16-10-14(3-4-18(16)20-19)27(23,24)21-5-7-25-8-6-21/h3-4,9-11,20H,5-8H2,1-2H3. The molecule has 3 heterocycles. The molecule has 0 unspecified atom stereocenters. The number of hydrogen-bond acceptors (Lipinski definition) is 5. The summed E-state index contributed by atoms with van der Waals surface area (Å²) in [5.41, 5.74) is 2.96. The fourth-order valence-electron chi connectivity index (χ4n) is 3.50. The van der Waals surface area contributed by atoms with Gasteiger partial charge in [0.15, 0.2) is 6.29 Å². The minimum Gasteiger partial charge on any atom is -0.379 e. The Balaban J connectivity index is 1.85. The van der Waals surface area contributed by atoms with Crippen LogP contribution in [0.5, 0.6) is 0 Å². The van der Waals surface area contributed by atoms with Crippen LogP contribution in [0.4, 0.5) is 0 Å². The number of fused-ring (bicyclic) bond motifs is 1. The van der Waals surface area contributed by atoms with E-state index in [4.69, 9.17) is 4.74 Å². The largest absolute Gasteiger partial charge is 0.379 e. The Morgan fingerprint density at radius 2 is 1.93 bits per heavy atom. The molecule has 0 amide bonds. The van der Waals surface area contributed by atoms with Gasteiger partial charge >= 0.3 is 0 Å². The van der Waals surface area contributed by atoms with E-state index < -0.39 is 10.0 Å². The summed E-state index contributed by atoms with van der Waals surface area (Å²) in [6.07, 6.45) is 0.797. The summed E-state index contributed by atoms with van der Waals surface area (Å²) in [6, 6.07) is 6.96. The molecule has 0 radical (unpaired) electrons. The second-order valence-corrected chi connectivity index (χ2v) is 9.98. The van der Waals surface area contributed by atoms with Gasteiger partial charge in [0, 0.05) is 44.9 Å². The van der Waals surface area contributed by atoms with Crippen molar-refractivity contribution in [3.8, 4) is 11.3 Å². The van der Waals surface area contributed by atoms with Gasteiger partial charge in [-0.15, -0.1) is 11.3 Å². The Kier molecular flexibility index (Phi) is 4.67. The van der Waals surface area contributed by atoms with E-state index in [9.17, 15) is 13.2 Å². The van der Waals surface area contributed by atoms with Gasteiger partial charge in [0.2, 0.25) is 10.0 Å². The molecule has 0 spiro atoms. The summed E-state index contributed by atoms with van der Waals surface area (Å²) >= 11 is 1.67. The van der Waals surface area contributed by atoms with Crippen molar-refractivity contribution >= 4 is 38.5 Å². The highest BCUT2D eigenvalue weighted by Crippen LogP contribution is 2.36. The van der Waals surface area contributed by atoms with Crippen molar-refractivity contribution in [2.45, 2.75) is 18.7 Å². The molecule has 1 aliphatic rings. The van der Waals surface area contributed by atoms with Gasteiger partial charge in [-0.3, -0.25) is 4.79 Å². The number of aldehydes is 1. The number of aromatic nitrogens is 1. The first-order chi connectivity index (χ1) is 12.9. The second-order valence-electron chi connectivity index (χ2n) is 6.58. The maximum Gasteiger partial charge on any atom is 0.243 e. The first-order valence-electron chi connectivity index (χ1n) is 8.68. The normalized spacial score (nSPS) is 16.1. The van der Waals surface area contributed by atoms with E-state index in [1.54, 1.807) is 29.5 Å². The highest BCUT2D eigenvalue weighted by atomic mass is 32.2. The van der Waals surface area contributed by atoms with Gasteiger partial charge in [-0.25, -0.2) is 8.42 Å². The highest BCUT2D eigenvalue weighted by Gasteiger charge is 2.27. The van der Waals surface area contributed by atoms with Gasteiger partial charge in [0.1, 0.15) is 0 Å². The molecular formula is C19H20N2O4S2. The topological polar surface area (TPSA) is 79.5 Å². The number of thiophene rings is 1. The number of hydrogen-bond donors (Lipinski definition) is 1. The molecule has 27 heavy (non-hydrogen) atoms. The number of H-pyrrole nitrogens is 1. The predicted octanol–water partition coefficient (Wildman–Crippen LogP) is 3.35. The van der Waals surface area contributed by atoms with E-state index in [0.717, 1.165) is 32.8 Å². The Labute approximate surface area is 161 Å². The van der Waals surface area contributed by atoms with Gasteiger partial charge in [0.05, 0.1) is 23.8 Å². The number of benzene rings is 1. The first-order valence-corrected chi connectivity index (χ1v) is 10.9. The van der Waals surface area contributed by atoms with E-state index in [-0.39, 0.29) is 4.90 Å². The minimum absolute atomic E-state index is 0.198. The van der Waals surface area contributed by atoms with Crippen molar-refractivity contribution in [1.82, 2.24) is 9.29 Å². The van der Waals surface area contributed by atoms with Crippen LogP contribution >= 0.6 is 11.3 Å². The van der Waals surface area contributed by atoms with Crippen molar-refractivity contribution < 1.29 is 17.9 Å². The van der Waals surface area contributed by atoms with E-state index in [2.05, 4.69) is 4.98 Å². The van der Waals surface area contributed by atoms with E-state index >= 15 is 0 Å². The lowest BCUT2D eigenvalue weighted by Crippen LogP contribution is -2.40. The number of rotatable bonds is 4. The van der Waals surface area contributed by atoms with Crippen molar-refractivity contribution in [2.24, 2.45) is 0 Å². The molecule has 4 rings (SSSR count). The number of sulfonamides is 1. The van der Waals surface area contributed by atoms with Crippen molar-refractivity contribution in [3.05, 3.63) is 39.6 Å². The molecule has 6 nitrogen and oxygen atoms in total. The quantitative estimate of drug-likeness (QED) is 0.677. The number of aromatic amines is 1. The average Bonchev–Trinajstić information content (AvgIpc) is 3.20. The lowest BCUT2D eigenvalue weighted by molar-refractivity contribution is 0.0730. The molecule has 2 aromatic heterocycles. The number of morpholine rings is 1. The molecule has 1 saturated heterocycles. The number of aryl methyl sites for hydroxylation is 2. The van der Waals surface area contributed by atoms with Crippen molar-refractivity contribution in [2.75, 3.05) is 26.3 Å². The molecule has 1 N–H and O–H groups in total. The Morgan fingerprint density at radius 3 is 2.56 bits per heavy atom. The van der Waals surface area contributed by atoms with E-state index in [1.807, 2.05) is 19.9 Å². The smallest absolute Gasteiger partial charge is 0.243 e. The Hall–Kier alpha value is -2.00. The molecule has 0 bridgehead atoms. The average molecular weight is 405 g/mol. The molecule has 1 aliphatic heterocycles. The number of carbonyl (C=O) groups is 1. The van der Waals surface area contributed by atoms with Gasteiger partial charge < -0.3 is 9.72 Å². The summed E-state index contributed by atoms with van der Waals surface area (Å²) in [5, 5.41) is 0.623. The van der Waals surface area contributed by atoms with Gasteiger partial charge in [-0.1, -0.05) is 0 Å². The zero-order chi connectivity index (χ0) is 19.2. The first kappa shape index (κ1) is 18.4. The number of ether oxygens (including phenoxy) is 1. The Morgan fingerprint density at radius 1 is 1.19 bits per heavy atom. The zero-order valence-corrected chi connectivity index (χ0v) is 16.7. The zero-order valence-electron chi connectivity index (χ0n) is 15.1. The number of carbonyl (C=O) groups excluding carboxylic acids is 1. The van der Waals surface area contributed by atoms with Crippen LogP contribution < -0.4 is 0 Å². The third-order valence-corrected chi connectivity index (χ3v) is 7.71. The van der Waals surface area contributed by atoms with Crippen LogP contribution in [0.2, 0.25) is 0 Å². The molecule has 1 aromatic carbocycles. The molecule has 142 valence electrons.